The van der Waals surface area contributed by atoms with Gasteiger partial charge in [0.25, 0.3) is 5.91 Å². The molecule has 4 aromatic rings. The predicted molar refractivity (Wildman–Crippen MR) is 196 cm³/mol. The van der Waals surface area contributed by atoms with Gasteiger partial charge in [-0.25, -0.2) is 13.6 Å². The maximum absolute atomic E-state index is 13.7. The minimum absolute atomic E-state index is 0.166. The van der Waals surface area contributed by atoms with Crippen LogP contribution in [0.1, 0.15) is 54.1 Å². The van der Waals surface area contributed by atoms with Crippen LogP contribution in [-0.4, -0.2) is 64.1 Å². The van der Waals surface area contributed by atoms with Gasteiger partial charge < -0.3 is 36.2 Å². The van der Waals surface area contributed by atoms with Crippen LogP contribution in [0, 0.1) is 11.6 Å². The van der Waals surface area contributed by atoms with E-state index in [1.54, 1.807) is 59.5 Å². The monoisotopic (exact) mass is 746 g/mol. The summed E-state index contributed by atoms with van der Waals surface area (Å²) in [6.45, 7) is -0.0662. The molecule has 4 aromatic carbocycles. The molecule has 4 unspecified atom stereocenters. The summed E-state index contributed by atoms with van der Waals surface area (Å²) in [4.78, 5) is 53.1. The Morgan fingerprint density at radius 3 is 2.11 bits per heavy atom. The number of hydrogen-bond donors (Lipinski definition) is 5. The normalized spacial score (nSPS) is 16.9. The van der Waals surface area contributed by atoms with Crippen LogP contribution in [-0.2, 0) is 19.2 Å². The molecule has 5 rings (SSSR count). The summed E-state index contributed by atoms with van der Waals surface area (Å²) in [5.41, 5.74) is 7.70. The molecule has 14 heteroatoms. The minimum atomic E-state index is -1.19. The third-order valence-electron chi connectivity index (χ3n) is 8.69. The Bertz CT molecular complexity index is 1850. The molecule has 0 aromatic heterocycles. The Kier molecular flexibility index (Phi) is 13.5. The van der Waals surface area contributed by atoms with Crippen LogP contribution in [0.3, 0.4) is 0 Å². The number of nitrogens with two attached hydrogens (primary N) is 1. The van der Waals surface area contributed by atoms with E-state index in [1.165, 1.54) is 60.3 Å². The van der Waals surface area contributed by atoms with E-state index < -0.39 is 65.5 Å². The molecule has 0 aliphatic carbocycles. The Labute approximate surface area is 309 Å². The third-order valence-corrected chi connectivity index (χ3v) is 10.0. The number of nitrogens with zero attached hydrogens (tertiary/aromatic N) is 1. The van der Waals surface area contributed by atoms with Gasteiger partial charge in [-0.05, 0) is 91.0 Å². The van der Waals surface area contributed by atoms with Gasteiger partial charge in [-0.1, -0.05) is 54.6 Å². The topological polar surface area (TPSA) is 171 Å². The molecule has 6 N–H and O–H groups in total. The molecule has 11 nitrogen and oxygen atoms in total. The fourth-order valence-corrected chi connectivity index (χ4v) is 7.18. The van der Waals surface area contributed by atoms with Gasteiger partial charge in [0, 0.05) is 11.4 Å². The highest BCUT2D eigenvalue weighted by atomic mass is 32.2. The number of ether oxygens (including phenoxy) is 1. The van der Waals surface area contributed by atoms with Crippen molar-refractivity contribution >= 4 is 41.1 Å². The Hall–Kier alpha value is -5.31. The summed E-state index contributed by atoms with van der Waals surface area (Å²) < 4.78 is 32.8. The lowest BCUT2D eigenvalue weighted by atomic mass is 9.92. The Balaban J connectivity index is 1.25. The largest absolute Gasteiger partial charge is 0.484 e. The number of aliphatic hydroxyl groups excluding tert-OH is 1. The van der Waals surface area contributed by atoms with Gasteiger partial charge >= 0.3 is 5.97 Å². The quantitative estimate of drug-likeness (QED) is 0.0708. The first kappa shape index (κ1) is 38.9. The number of carbonyl (C=O) groups excluding carboxylic acids is 3. The van der Waals surface area contributed by atoms with Crippen molar-refractivity contribution in [2.24, 2.45) is 5.73 Å². The van der Waals surface area contributed by atoms with Gasteiger partial charge in [0.2, 0.25) is 11.8 Å². The van der Waals surface area contributed by atoms with Crippen LogP contribution >= 0.6 is 11.8 Å². The summed E-state index contributed by atoms with van der Waals surface area (Å²) in [5.74, 6) is -3.12. The van der Waals surface area contributed by atoms with Crippen molar-refractivity contribution in [1.82, 2.24) is 10.6 Å². The standard InChI is InChI=1S/C39H40F2N4O7S/c40-27-13-9-24(10-14-27)32(46)23-53-36-35(45(38(36)49)29-17-15-28(41)16-18-29)26-11-19-30(20-12-26)52-22-33(47)44-34(25-6-2-1-3-7-25)37(48)43-31(39(50)51)8-4-5-21-42/h1-3,6-7,9-20,31-32,34-36,46H,4-5,8,21-23,42H2,(H,43,48)(H,44,47)(H,50,51)/t31-,32?,34?,35?,36?/m0/s1. The van der Waals surface area contributed by atoms with E-state index in [0.717, 1.165) is 5.56 Å². The molecule has 1 aliphatic rings. The summed E-state index contributed by atoms with van der Waals surface area (Å²) in [6.07, 6.45) is 0.346. The predicted octanol–water partition coefficient (Wildman–Crippen LogP) is 4.82. The molecule has 0 bridgehead atoms. The summed E-state index contributed by atoms with van der Waals surface area (Å²) in [6, 6.07) is 23.4. The van der Waals surface area contributed by atoms with E-state index in [2.05, 4.69) is 10.6 Å². The lowest BCUT2D eigenvalue weighted by molar-refractivity contribution is -0.142. The Morgan fingerprint density at radius 2 is 1.49 bits per heavy atom. The smallest absolute Gasteiger partial charge is 0.326 e. The first-order valence-electron chi connectivity index (χ1n) is 17.0. The molecule has 1 fully saturated rings. The second-order valence-corrected chi connectivity index (χ2v) is 13.6. The molecule has 0 spiro atoms. The number of benzene rings is 4. The van der Waals surface area contributed by atoms with Crippen LogP contribution in [0.25, 0.3) is 0 Å². The number of anilines is 1. The van der Waals surface area contributed by atoms with Crippen molar-refractivity contribution in [2.75, 3.05) is 23.8 Å². The number of aliphatic carboxylic acids is 1. The molecule has 5 atom stereocenters. The number of thioether (sulfide) groups is 1. The SMILES string of the molecule is NCCCC[C@H](NC(=O)C(NC(=O)COc1ccc(C2C(SCC(O)c3ccc(F)cc3)C(=O)N2c2ccc(F)cc2)cc1)c1ccccc1)C(=O)O. The van der Waals surface area contributed by atoms with Crippen LogP contribution in [0.15, 0.2) is 103 Å². The van der Waals surface area contributed by atoms with Crippen molar-refractivity contribution in [3.63, 3.8) is 0 Å². The summed E-state index contributed by atoms with van der Waals surface area (Å²) in [7, 11) is 0. The minimum Gasteiger partial charge on any atom is -0.484 e. The van der Waals surface area contributed by atoms with Crippen LogP contribution in [0.4, 0.5) is 14.5 Å². The lowest BCUT2D eigenvalue weighted by Gasteiger charge is -2.47. The molecule has 3 amide bonds. The van der Waals surface area contributed by atoms with Gasteiger partial charge in [0.05, 0.1) is 12.1 Å². The zero-order valence-electron chi connectivity index (χ0n) is 28.6. The van der Waals surface area contributed by atoms with E-state index in [0.29, 0.717) is 42.0 Å². The molecule has 0 saturated carbocycles. The first-order valence-corrected chi connectivity index (χ1v) is 18.0. The van der Waals surface area contributed by atoms with E-state index in [-0.39, 0.29) is 18.1 Å². The average Bonchev–Trinajstić information content (AvgIpc) is 3.16. The van der Waals surface area contributed by atoms with Gasteiger partial charge in [0.15, 0.2) is 6.61 Å². The molecule has 1 saturated heterocycles. The average molecular weight is 747 g/mol. The number of carboxylic acids is 1. The number of carbonyl (C=O) groups is 4. The van der Waals surface area contributed by atoms with Crippen molar-refractivity contribution < 1.29 is 42.9 Å². The first-order chi connectivity index (χ1) is 25.5. The van der Waals surface area contributed by atoms with Gasteiger partial charge in [-0.15, -0.1) is 11.8 Å². The van der Waals surface area contributed by atoms with E-state index in [1.807, 2.05) is 0 Å². The number of hydrogen-bond acceptors (Lipinski definition) is 8. The Morgan fingerprint density at radius 1 is 0.849 bits per heavy atom. The number of carboxylic acid groups (broad SMARTS) is 1. The zero-order valence-corrected chi connectivity index (χ0v) is 29.4. The third kappa shape index (κ3) is 10.2. The molecule has 53 heavy (non-hydrogen) atoms. The summed E-state index contributed by atoms with van der Waals surface area (Å²) in [5, 5.41) is 24.9. The lowest BCUT2D eigenvalue weighted by Crippen LogP contribution is -2.57. The van der Waals surface area contributed by atoms with Gasteiger partial charge in [0.1, 0.15) is 34.7 Å². The molecule has 278 valence electrons. The summed E-state index contributed by atoms with van der Waals surface area (Å²) >= 11 is 1.25. The number of aliphatic hydroxyl groups is 1. The highest BCUT2D eigenvalue weighted by molar-refractivity contribution is 8.00. The number of β-lactam (4-membered cyclic amide) rings is 1. The van der Waals surface area contributed by atoms with Crippen LogP contribution in [0.2, 0.25) is 0 Å². The van der Waals surface area contributed by atoms with Crippen LogP contribution < -0.4 is 26.0 Å². The number of nitrogens with one attached hydrogen (secondary N) is 2. The molecular weight excluding hydrogens is 707 g/mol. The number of amides is 3. The van der Waals surface area contributed by atoms with E-state index >= 15 is 0 Å². The fourth-order valence-electron chi connectivity index (χ4n) is 5.88. The molecule has 1 aliphatic heterocycles. The van der Waals surface area contributed by atoms with Crippen molar-refractivity contribution in [2.45, 2.75) is 48.7 Å². The van der Waals surface area contributed by atoms with Gasteiger partial charge in [-0.2, -0.15) is 0 Å². The van der Waals surface area contributed by atoms with E-state index in [4.69, 9.17) is 10.5 Å². The second kappa shape index (κ2) is 18.4. The maximum atomic E-state index is 13.7. The van der Waals surface area contributed by atoms with Gasteiger partial charge in [-0.3, -0.25) is 14.4 Å². The van der Waals surface area contributed by atoms with E-state index in [9.17, 15) is 38.2 Å². The zero-order chi connectivity index (χ0) is 37.9. The number of rotatable bonds is 18. The van der Waals surface area contributed by atoms with Crippen molar-refractivity contribution in [1.29, 1.82) is 0 Å². The molecule has 0 radical (unpaired) electrons. The number of halogens is 2. The number of unbranched alkanes of at least 4 members (excludes halogenated alkanes) is 1. The maximum Gasteiger partial charge on any atom is 0.326 e. The second-order valence-electron chi connectivity index (χ2n) is 12.4. The van der Waals surface area contributed by atoms with Crippen LogP contribution in [0.5, 0.6) is 5.75 Å². The highest BCUT2D eigenvalue weighted by Gasteiger charge is 2.49. The highest BCUT2D eigenvalue weighted by Crippen LogP contribution is 2.46. The fraction of sp³-hybridized carbons (Fsp3) is 0.282. The van der Waals surface area contributed by atoms with Crippen molar-refractivity contribution in [3.8, 4) is 5.75 Å². The molecular formula is C39H40F2N4O7S. The molecule has 1 heterocycles. The van der Waals surface area contributed by atoms with Crippen molar-refractivity contribution in [3.05, 3.63) is 131 Å².